The molecule has 0 aromatic carbocycles. The maximum absolute atomic E-state index is 9.28. The third-order valence-corrected chi connectivity index (χ3v) is 2.54. The van der Waals surface area contributed by atoms with Gasteiger partial charge in [-0.1, -0.05) is 0 Å². The fourth-order valence-corrected chi connectivity index (χ4v) is 2.09. The van der Waals surface area contributed by atoms with E-state index in [1.54, 1.807) is 0 Å². The summed E-state index contributed by atoms with van der Waals surface area (Å²) in [5.41, 5.74) is -0.914. The highest BCUT2D eigenvalue weighted by Crippen LogP contribution is 2.20. The van der Waals surface area contributed by atoms with Gasteiger partial charge in [0.25, 0.3) is 0 Å². The van der Waals surface area contributed by atoms with Crippen LogP contribution in [-0.2, 0) is 0 Å². The van der Waals surface area contributed by atoms with E-state index in [9.17, 15) is 15.3 Å². The predicted molar refractivity (Wildman–Crippen MR) is 56.1 cm³/mol. The van der Waals surface area contributed by atoms with Gasteiger partial charge in [-0.2, -0.15) is 0 Å². The van der Waals surface area contributed by atoms with E-state index in [0.29, 0.717) is 0 Å². The highest BCUT2D eigenvalue weighted by Gasteiger charge is 2.38. The van der Waals surface area contributed by atoms with Crippen LogP contribution in [0.1, 0.15) is 27.7 Å². The van der Waals surface area contributed by atoms with Gasteiger partial charge < -0.3 is 15.3 Å². The minimum atomic E-state index is -0.914. The summed E-state index contributed by atoms with van der Waals surface area (Å²) >= 11 is 0. The Morgan fingerprint density at radius 3 is 1.21 bits per heavy atom. The number of rotatable bonds is 6. The molecule has 86 valence electrons. The molecule has 0 rings (SSSR count). The summed E-state index contributed by atoms with van der Waals surface area (Å²) < 4.78 is 0. The Balaban J connectivity index is 4.90. The fraction of sp³-hybridized carbons (Fsp3) is 1.00. The standard InChI is InChI=1S/C10H23NO3/c1-8(2)11(9(3)4)10(5-12,6-13)7-14/h8-9,12-14H,5-7H2,1-4H3. The van der Waals surface area contributed by atoms with Gasteiger partial charge in [0.05, 0.1) is 25.4 Å². The zero-order valence-corrected chi connectivity index (χ0v) is 9.56. The summed E-state index contributed by atoms with van der Waals surface area (Å²) in [7, 11) is 0. The zero-order valence-electron chi connectivity index (χ0n) is 9.56. The van der Waals surface area contributed by atoms with Gasteiger partial charge in [0.1, 0.15) is 0 Å². The van der Waals surface area contributed by atoms with E-state index in [1.165, 1.54) is 0 Å². The number of aliphatic hydroxyl groups excluding tert-OH is 3. The van der Waals surface area contributed by atoms with Crippen LogP contribution < -0.4 is 0 Å². The van der Waals surface area contributed by atoms with E-state index in [1.807, 2.05) is 32.6 Å². The molecule has 3 N–H and O–H groups in total. The molecule has 0 aromatic rings. The molecule has 0 spiro atoms. The third kappa shape index (κ3) is 2.67. The SMILES string of the molecule is CC(C)N(C(C)C)C(CO)(CO)CO. The van der Waals surface area contributed by atoms with Crippen molar-refractivity contribution >= 4 is 0 Å². The molecule has 0 atom stereocenters. The molecule has 0 heterocycles. The first-order valence-electron chi connectivity index (χ1n) is 5.06. The van der Waals surface area contributed by atoms with Crippen LogP contribution >= 0.6 is 0 Å². The summed E-state index contributed by atoms with van der Waals surface area (Å²) in [6.07, 6.45) is 0. The lowest BCUT2D eigenvalue weighted by Crippen LogP contribution is -2.62. The average Bonchev–Trinajstić information content (AvgIpc) is 2.12. The van der Waals surface area contributed by atoms with Crippen LogP contribution in [0.3, 0.4) is 0 Å². The maximum atomic E-state index is 9.28. The molecule has 0 saturated carbocycles. The highest BCUT2D eigenvalue weighted by atomic mass is 16.3. The first kappa shape index (κ1) is 13.8. The van der Waals surface area contributed by atoms with Gasteiger partial charge in [-0.25, -0.2) is 0 Å². The second kappa shape index (κ2) is 5.66. The van der Waals surface area contributed by atoms with Crippen molar-refractivity contribution in [3.8, 4) is 0 Å². The molecule has 14 heavy (non-hydrogen) atoms. The Kier molecular flexibility index (Phi) is 5.59. The number of hydrogen-bond acceptors (Lipinski definition) is 4. The molecule has 0 aromatic heterocycles. The summed E-state index contributed by atoms with van der Waals surface area (Å²) in [4.78, 5) is 1.94. The Labute approximate surface area is 86.2 Å². The minimum absolute atomic E-state index is 0.168. The monoisotopic (exact) mass is 205 g/mol. The fourth-order valence-electron chi connectivity index (χ4n) is 2.09. The number of nitrogens with zero attached hydrogens (tertiary/aromatic N) is 1. The first-order chi connectivity index (χ1) is 6.45. The molecule has 0 aliphatic rings. The smallest absolute Gasteiger partial charge is 0.0910 e. The van der Waals surface area contributed by atoms with Crippen molar-refractivity contribution in [1.82, 2.24) is 4.90 Å². The second-order valence-corrected chi connectivity index (χ2v) is 4.29. The van der Waals surface area contributed by atoms with Gasteiger partial charge in [-0.15, -0.1) is 0 Å². The normalized spacial score (nSPS) is 13.3. The van der Waals surface area contributed by atoms with Crippen molar-refractivity contribution in [3.05, 3.63) is 0 Å². The van der Waals surface area contributed by atoms with Gasteiger partial charge >= 0.3 is 0 Å². The van der Waals surface area contributed by atoms with Crippen LogP contribution in [-0.4, -0.2) is 57.7 Å². The first-order valence-corrected chi connectivity index (χ1v) is 5.06. The molecule has 0 amide bonds. The van der Waals surface area contributed by atoms with E-state index < -0.39 is 5.54 Å². The van der Waals surface area contributed by atoms with Crippen LogP contribution in [0.4, 0.5) is 0 Å². The maximum Gasteiger partial charge on any atom is 0.0910 e. The average molecular weight is 205 g/mol. The van der Waals surface area contributed by atoms with Crippen LogP contribution in [0, 0.1) is 0 Å². The van der Waals surface area contributed by atoms with Crippen molar-refractivity contribution in [2.75, 3.05) is 19.8 Å². The van der Waals surface area contributed by atoms with E-state index >= 15 is 0 Å². The molecular formula is C10H23NO3. The Bertz CT molecular complexity index is 139. The Morgan fingerprint density at radius 1 is 0.857 bits per heavy atom. The minimum Gasteiger partial charge on any atom is -0.394 e. The zero-order chi connectivity index (χ0) is 11.4. The second-order valence-electron chi connectivity index (χ2n) is 4.29. The van der Waals surface area contributed by atoms with Crippen molar-refractivity contribution < 1.29 is 15.3 Å². The molecule has 4 nitrogen and oxygen atoms in total. The van der Waals surface area contributed by atoms with Crippen molar-refractivity contribution in [1.29, 1.82) is 0 Å². The van der Waals surface area contributed by atoms with Crippen LogP contribution in [0.5, 0.6) is 0 Å². The van der Waals surface area contributed by atoms with Crippen molar-refractivity contribution in [2.45, 2.75) is 45.3 Å². The number of hydrogen-bond donors (Lipinski definition) is 3. The van der Waals surface area contributed by atoms with Gasteiger partial charge in [0.15, 0.2) is 0 Å². The predicted octanol–water partition coefficient (Wildman–Crippen LogP) is -0.179. The Hall–Kier alpha value is -0.160. The molecule has 0 radical (unpaired) electrons. The molecular weight excluding hydrogens is 182 g/mol. The molecule has 0 aliphatic heterocycles. The lowest BCUT2D eigenvalue weighted by atomic mass is 9.96. The summed E-state index contributed by atoms with van der Waals surface area (Å²) in [5.74, 6) is 0. The van der Waals surface area contributed by atoms with E-state index in [4.69, 9.17) is 0 Å². The lowest BCUT2D eigenvalue weighted by Gasteiger charge is -2.45. The third-order valence-electron chi connectivity index (χ3n) is 2.54. The van der Waals surface area contributed by atoms with Crippen molar-refractivity contribution in [2.24, 2.45) is 0 Å². The molecule has 4 heteroatoms. The van der Waals surface area contributed by atoms with E-state index in [0.717, 1.165) is 0 Å². The molecule has 0 aliphatic carbocycles. The Morgan fingerprint density at radius 2 is 1.14 bits per heavy atom. The molecule has 0 fully saturated rings. The van der Waals surface area contributed by atoms with Gasteiger partial charge in [-0.3, -0.25) is 4.90 Å². The molecule has 0 unspecified atom stereocenters. The van der Waals surface area contributed by atoms with Crippen molar-refractivity contribution in [3.63, 3.8) is 0 Å². The summed E-state index contributed by atoms with van der Waals surface area (Å²) in [6, 6.07) is 0.336. The largest absolute Gasteiger partial charge is 0.394 e. The van der Waals surface area contributed by atoms with Crippen LogP contribution in [0.25, 0.3) is 0 Å². The highest BCUT2D eigenvalue weighted by molar-refractivity contribution is 4.92. The summed E-state index contributed by atoms with van der Waals surface area (Å²) in [5, 5.41) is 27.8. The van der Waals surface area contributed by atoms with E-state index in [2.05, 4.69) is 0 Å². The van der Waals surface area contributed by atoms with Crippen LogP contribution in [0.2, 0.25) is 0 Å². The molecule has 0 bridgehead atoms. The quantitative estimate of drug-likeness (QED) is 0.563. The molecule has 0 saturated heterocycles. The summed E-state index contributed by atoms with van der Waals surface area (Å²) in [6.45, 7) is 7.21. The van der Waals surface area contributed by atoms with Gasteiger partial charge in [0, 0.05) is 12.1 Å². The van der Waals surface area contributed by atoms with Gasteiger partial charge in [-0.05, 0) is 27.7 Å². The lowest BCUT2D eigenvalue weighted by molar-refractivity contribution is -0.0776. The van der Waals surface area contributed by atoms with Gasteiger partial charge in [0.2, 0.25) is 0 Å². The van der Waals surface area contributed by atoms with Crippen LogP contribution in [0.15, 0.2) is 0 Å². The van der Waals surface area contributed by atoms with E-state index in [-0.39, 0.29) is 31.9 Å². The number of aliphatic hydroxyl groups is 3. The topological polar surface area (TPSA) is 63.9 Å².